The molecule has 2 unspecified atom stereocenters. The van der Waals surface area contributed by atoms with Crippen LogP contribution in [-0.2, 0) is 13.8 Å². The molecule has 2 rings (SSSR count). The van der Waals surface area contributed by atoms with Gasteiger partial charge in [0.15, 0.2) is 0 Å². The first kappa shape index (κ1) is 13.6. The van der Waals surface area contributed by atoms with Crippen LogP contribution in [-0.4, -0.2) is 34.0 Å². The van der Waals surface area contributed by atoms with Crippen molar-refractivity contribution in [2.75, 3.05) is 19.5 Å². The Balaban J connectivity index is 2.09. The number of hydrogen-bond acceptors (Lipinski definition) is 4. The quantitative estimate of drug-likeness (QED) is 0.797. The maximum Gasteiger partial charge on any atom is 0.235 e. The Morgan fingerprint density at radius 3 is 2.83 bits per heavy atom. The SMILES string of the molecule is COc1ccccc1C1COC(CS(=O)(=O)Cl)C1. The molecule has 100 valence electrons. The lowest BCUT2D eigenvalue weighted by Gasteiger charge is -2.12. The van der Waals surface area contributed by atoms with Crippen molar-refractivity contribution >= 4 is 19.7 Å². The number of hydrogen-bond donors (Lipinski definition) is 0. The number of halogens is 1. The molecule has 1 aromatic carbocycles. The third-order valence-electron chi connectivity index (χ3n) is 3.04. The number of benzene rings is 1. The zero-order valence-electron chi connectivity index (χ0n) is 10.0. The van der Waals surface area contributed by atoms with E-state index in [1.807, 2.05) is 24.3 Å². The molecule has 0 amide bonds. The Hall–Kier alpha value is -0.780. The van der Waals surface area contributed by atoms with E-state index in [4.69, 9.17) is 20.2 Å². The van der Waals surface area contributed by atoms with Crippen LogP contribution >= 0.6 is 10.7 Å². The van der Waals surface area contributed by atoms with Crippen molar-refractivity contribution in [1.82, 2.24) is 0 Å². The molecule has 1 saturated heterocycles. The fraction of sp³-hybridized carbons (Fsp3) is 0.500. The summed E-state index contributed by atoms with van der Waals surface area (Å²) in [5.41, 5.74) is 1.05. The predicted octanol–water partition coefficient (Wildman–Crippen LogP) is 2.14. The largest absolute Gasteiger partial charge is 0.496 e. The summed E-state index contributed by atoms with van der Waals surface area (Å²) in [5, 5.41) is 0. The van der Waals surface area contributed by atoms with E-state index in [1.54, 1.807) is 7.11 Å². The van der Waals surface area contributed by atoms with E-state index in [0.29, 0.717) is 13.0 Å². The first-order valence-electron chi connectivity index (χ1n) is 5.66. The fourth-order valence-electron chi connectivity index (χ4n) is 2.26. The van der Waals surface area contributed by atoms with Gasteiger partial charge in [-0.15, -0.1) is 0 Å². The van der Waals surface area contributed by atoms with E-state index in [9.17, 15) is 8.42 Å². The van der Waals surface area contributed by atoms with Crippen molar-refractivity contribution in [3.05, 3.63) is 29.8 Å². The highest BCUT2D eigenvalue weighted by Crippen LogP contribution is 2.35. The zero-order valence-corrected chi connectivity index (χ0v) is 11.6. The highest BCUT2D eigenvalue weighted by Gasteiger charge is 2.31. The summed E-state index contributed by atoms with van der Waals surface area (Å²) >= 11 is 0. The van der Waals surface area contributed by atoms with Crippen LogP contribution in [0.3, 0.4) is 0 Å². The normalized spacial score (nSPS) is 24.1. The minimum absolute atomic E-state index is 0.139. The van der Waals surface area contributed by atoms with Crippen molar-refractivity contribution in [2.45, 2.75) is 18.4 Å². The maximum absolute atomic E-state index is 11.0. The molecule has 0 spiro atoms. The molecule has 0 radical (unpaired) electrons. The van der Waals surface area contributed by atoms with Gasteiger partial charge in [-0.2, -0.15) is 0 Å². The molecule has 0 N–H and O–H groups in total. The van der Waals surface area contributed by atoms with Gasteiger partial charge >= 0.3 is 0 Å². The van der Waals surface area contributed by atoms with Crippen LogP contribution < -0.4 is 4.74 Å². The molecule has 0 saturated carbocycles. The molecular weight excluding hydrogens is 276 g/mol. The summed E-state index contributed by atoms with van der Waals surface area (Å²) in [4.78, 5) is 0. The van der Waals surface area contributed by atoms with Gasteiger partial charge in [-0.25, -0.2) is 8.42 Å². The third-order valence-corrected chi connectivity index (χ3v) is 4.19. The lowest BCUT2D eigenvalue weighted by molar-refractivity contribution is 0.125. The molecule has 18 heavy (non-hydrogen) atoms. The van der Waals surface area contributed by atoms with Crippen molar-refractivity contribution in [3.63, 3.8) is 0 Å². The Bertz CT molecular complexity index is 515. The van der Waals surface area contributed by atoms with E-state index in [-0.39, 0.29) is 17.8 Å². The summed E-state index contributed by atoms with van der Waals surface area (Å²) in [5.74, 6) is 0.824. The van der Waals surface area contributed by atoms with Gasteiger partial charge in [-0.3, -0.25) is 0 Å². The van der Waals surface area contributed by atoms with Gasteiger partial charge < -0.3 is 9.47 Å². The van der Waals surface area contributed by atoms with E-state index < -0.39 is 9.05 Å². The highest BCUT2D eigenvalue weighted by molar-refractivity contribution is 8.13. The third kappa shape index (κ3) is 3.37. The maximum atomic E-state index is 11.0. The van der Waals surface area contributed by atoms with Gasteiger partial charge in [0, 0.05) is 16.6 Å². The predicted molar refractivity (Wildman–Crippen MR) is 69.7 cm³/mol. The Labute approximate surface area is 111 Å². The molecule has 4 nitrogen and oxygen atoms in total. The monoisotopic (exact) mass is 290 g/mol. The van der Waals surface area contributed by atoms with E-state index in [2.05, 4.69) is 0 Å². The van der Waals surface area contributed by atoms with Gasteiger partial charge in [0.25, 0.3) is 0 Å². The number of methoxy groups -OCH3 is 1. The van der Waals surface area contributed by atoms with Crippen LogP contribution in [0.4, 0.5) is 0 Å². The smallest absolute Gasteiger partial charge is 0.235 e. The van der Waals surface area contributed by atoms with Crippen LogP contribution in [0.5, 0.6) is 5.75 Å². The van der Waals surface area contributed by atoms with E-state index in [0.717, 1.165) is 11.3 Å². The van der Waals surface area contributed by atoms with Crippen LogP contribution in [0.2, 0.25) is 0 Å². The van der Waals surface area contributed by atoms with E-state index >= 15 is 0 Å². The lowest BCUT2D eigenvalue weighted by Crippen LogP contribution is -2.16. The first-order chi connectivity index (χ1) is 8.49. The van der Waals surface area contributed by atoms with Gasteiger partial charge in [0.2, 0.25) is 9.05 Å². The lowest BCUT2D eigenvalue weighted by atomic mass is 9.96. The van der Waals surface area contributed by atoms with Crippen molar-refractivity contribution in [3.8, 4) is 5.75 Å². The molecule has 2 atom stereocenters. The van der Waals surface area contributed by atoms with Crippen molar-refractivity contribution < 1.29 is 17.9 Å². The molecule has 1 aliphatic rings. The number of rotatable bonds is 4. The van der Waals surface area contributed by atoms with Crippen LogP contribution in [0.1, 0.15) is 17.9 Å². The van der Waals surface area contributed by atoms with Crippen molar-refractivity contribution in [2.24, 2.45) is 0 Å². The van der Waals surface area contributed by atoms with Gasteiger partial charge in [0.1, 0.15) is 5.75 Å². The highest BCUT2D eigenvalue weighted by atomic mass is 35.7. The summed E-state index contributed by atoms with van der Waals surface area (Å²) in [6, 6.07) is 7.70. The standard InChI is InChI=1S/C12H15ClO4S/c1-16-12-5-3-2-4-11(12)9-6-10(17-7-9)8-18(13,14)15/h2-5,9-10H,6-8H2,1H3. The molecule has 1 heterocycles. The minimum Gasteiger partial charge on any atom is -0.496 e. The molecule has 6 heteroatoms. The average Bonchev–Trinajstić information content (AvgIpc) is 2.75. The number of ether oxygens (including phenoxy) is 2. The first-order valence-corrected chi connectivity index (χ1v) is 8.14. The van der Waals surface area contributed by atoms with Crippen molar-refractivity contribution in [1.29, 1.82) is 0 Å². The summed E-state index contributed by atoms with van der Waals surface area (Å²) < 4.78 is 32.8. The van der Waals surface area contributed by atoms with Gasteiger partial charge in [-0.05, 0) is 18.1 Å². The second-order valence-electron chi connectivity index (χ2n) is 4.34. The second-order valence-corrected chi connectivity index (χ2v) is 7.16. The fourth-order valence-corrected chi connectivity index (χ4v) is 3.36. The molecule has 1 aromatic rings. The Kier molecular flexibility index (Phi) is 4.14. The van der Waals surface area contributed by atoms with Crippen LogP contribution in [0.15, 0.2) is 24.3 Å². The molecule has 0 aliphatic carbocycles. The number of para-hydroxylation sites is 1. The molecule has 0 aromatic heterocycles. The van der Waals surface area contributed by atoms with Gasteiger partial charge in [-0.1, -0.05) is 18.2 Å². The zero-order chi connectivity index (χ0) is 13.2. The average molecular weight is 291 g/mol. The van der Waals surface area contributed by atoms with E-state index in [1.165, 1.54) is 0 Å². The topological polar surface area (TPSA) is 52.6 Å². The second kappa shape index (κ2) is 5.47. The molecular formula is C12H15ClO4S. The molecule has 1 fully saturated rings. The van der Waals surface area contributed by atoms with Crippen LogP contribution in [0, 0.1) is 0 Å². The molecule has 1 aliphatic heterocycles. The summed E-state index contributed by atoms with van der Waals surface area (Å²) in [7, 11) is 3.34. The molecule has 0 bridgehead atoms. The van der Waals surface area contributed by atoms with Crippen LogP contribution in [0.25, 0.3) is 0 Å². The minimum atomic E-state index is -3.51. The Morgan fingerprint density at radius 1 is 1.44 bits per heavy atom. The van der Waals surface area contributed by atoms with Gasteiger partial charge in [0.05, 0.1) is 25.6 Å². The summed E-state index contributed by atoms with van der Waals surface area (Å²) in [6.07, 6.45) is 0.314. The Morgan fingerprint density at radius 2 is 2.17 bits per heavy atom. The summed E-state index contributed by atoms with van der Waals surface area (Å²) in [6.45, 7) is 0.497.